The van der Waals surface area contributed by atoms with Crippen LogP contribution in [0.4, 0.5) is 5.69 Å². The van der Waals surface area contributed by atoms with Crippen molar-refractivity contribution < 1.29 is 41.8 Å². The number of benzene rings is 1. The van der Waals surface area contributed by atoms with Crippen LogP contribution in [0.3, 0.4) is 0 Å². The molecule has 1 aromatic carbocycles. The third kappa shape index (κ3) is 5.83. The molecule has 12 nitrogen and oxygen atoms in total. The van der Waals surface area contributed by atoms with Crippen LogP contribution in [0.5, 0.6) is 0 Å². The lowest BCUT2D eigenvalue weighted by Crippen LogP contribution is -2.37. The van der Waals surface area contributed by atoms with Gasteiger partial charge in [-0.2, -0.15) is 0 Å². The van der Waals surface area contributed by atoms with E-state index in [-0.39, 0.29) is 40.5 Å². The molecule has 0 fully saturated rings. The average Bonchev–Trinajstić information content (AvgIpc) is 2.80. The van der Waals surface area contributed by atoms with E-state index in [1.807, 2.05) is 0 Å². The number of methoxy groups -OCH3 is 2. The maximum Gasteiger partial charge on any atom is 0.340 e. The van der Waals surface area contributed by atoms with E-state index in [1.54, 1.807) is 0 Å². The number of hydrogen-bond donors (Lipinski definition) is 1. The number of carbonyl (C=O) groups excluding carboxylic acids is 4. The molecule has 0 aliphatic carbocycles. The number of nitrogens with zero attached hydrogens (tertiary/aromatic N) is 2. The van der Waals surface area contributed by atoms with Gasteiger partial charge in [-0.3, -0.25) is 4.79 Å². The van der Waals surface area contributed by atoms with Crippen LogP contribution in [-0.4, -0.2) is 76.1 Å². The van der Waals surface area contributed by atoms with Crippen LogP contribution in [0.2, 0.25) is 0 Å². The van der Waals surface area contributed by atoms with Gasteiger partial charge >= 0.3 is 17.9 Å². The van der Waals surface area contributed by atoms with Crippen molar-refractivity contribution in [1.29, 1.82) is 0 Å². The second-order valence-corrected chi connectivity index (χ2v) is 8.51. The number of nitrogens with one attached hydrogen (secondary N) is 1. The summed E-state index contributed by atoms with van der Waals surface area (Å²) >= 11 is 0. The highest BCUT2D eigenvalue weighted by Crippen LogP contribution is 2.18. The summed E-state index contributed by atoms with van der Waals surface area (Å²) in [6, 6.07) is 3.82. The van der Waals surface area contributed by atoms with Gasteiger partial charge in [-0.1, -0.05) is 0 Å². The number of ether oxygens (including phenoxy) is 3. The molecule has 0 bridgehead atoms. The Morgan fingerprint density at radius 3 is 2.24 bits per heavy atom. The van der Waals surface area contributed by atoms with E-state index < -0.39 is 40.4 Å². The van der Waals surface area contributed by atoms with Gasteiger partial charge in [-0.05, 0) is 30.4 Å². The maximum atomic E-state index is 12.3. The van der Waals surface area contributed by atoms with Gasteiger partial charge in [0.1, 0.15) is 5.84 Å². The number of sulfonamides is 1. The predicted molar refractivity (Wildman–Crippen MR) is 114 cm³/mol. The molecule has 0 saturated heterocycles. The van der Waals surface area contributed by atoms with Crippen LogP contribution >= 0.6 is 0 Å². The number of anilines is 1. The summed E-state index contributed by atoms with van der Waals surface area (Å²) < 4.78 is 40.9. The van der Waals surface area contributed by atoms with Crippen LogP contribution in [-0.2, 0) is 33.8 Å². The molecule has 2 heterocycles. The zero-order chi connectivity index (χ0) is 24.2. The first-order chi connectivity index (χ1) is 15.6. The van der Waals surface area contributed by atoms with E-state index in [2.05, 4.69) is 19.2 Å². The Kier molecular flexibility index (Phi) is 6.92. The van der Waals surface area contributed by atoms with E-state index in [1.165, 1.54) is 41.5 Å². The van der Waals surface area contributed by atoms with E-state index in [0.717, 1.165) is 14.2 Å². The predicted octanol–water partition coefficient (Wildman–Crippen LogP) is 0.239. The Labute approximate surface area is 188 Å². The van der Waals surface area contributed by atoms with E-state index >= 15 is 0 Å². The highest BCUT2D eigenvalue weighted by Gasteiger charge is 2.25. The molecule has 1 N–H and O–H groups in total. The SMILES string of the molecule is COC(=O)c1cc(NC(=O)COC(=O)C2=CN3CCS(=O)(=O)N=C3C=C2)cc(C(=O)OC)c1. The number of fused-ring (bicyclic) bond motifs is 1. The Bertz CT molecular complexity index is 1180. The van der Waals surface area contributed by atoms with Crippen LogP contribution in [0.15, 0.2) is 46.5 Å². The third-order valence-corrected chi connectivity index (χ3v) is 5.62. The van der Waals surface area contributed by atoms with Crippen molar-refractivity contribution in [3.8, 4) is 0 Å². The molecular weight excluding hydrogens is 458 g/mol. The molecule has 33 heavy (non-hydrogen) atoms. The van der Waals surface area contributed by atoms with Gasteiger partial charge in [0.05, 0.1) is 36.7 Å². The molecule has 2 aliphatic heterocycles. The van der Waals surface area contributed by atoms with Gasteiger partial charge in [0.2, 0.25) is 0 Å². The molecule has 0 atom stereocenters. The summed E-state index contributed by atoms with van der Waals surface area (Å²) in [6.45, 7) is -0.531. The smallest absolute Gasteiger partial charge is 0.340 e. The molecule has 0 aromatic heterocycles. The van der Waals surface area contributed by atoms with E-state index in [9.17, 15) is 27.6 Å². The van der Waals surface area contributed by atoms with Gasteiger partial charge in [0, 0.05) is 18.4 Å². The zero-order valence-electron chi connectivity index (χ0n) is 17.6. The minimum Gasteiger partial charge on any atom is -0.465 e. The lowest BCUT2D eigenvalue weighted by atomic mass is 10.1. The zero-order valence-corrected chi connectivity index (χ0v) is 18.4. The first kappa shape index (κ1) is 23.7. The lowest BCUT2D eigenvalue weighted by molar-refractivity contribution is -0.143. The van der Waals surface area contributed by atoms with Gasteiger partial charge < -0.3 is 24.4 Å². The fourth-order valence-electron chi connectivity index (χ4n) is 2.90. The van der Waals surface area contributed by atoms with Crippen molar-refractivity contribution in [2.75, 3.05) is 38.4 Å². The normalized spacial score (nSPS) is 16.0. The number of amidine groups is 1. The van der Waals surface area contributed by atoms with Gasteiger partial charge in [0.15, 0.2) is 6.61 Å². The minimum atomic E-state index is -3.52. The molecule has 0 radical (unpaired) electrons. The first-order valence-electron chi connectivity index (χ1n) is 9.40. The summed E-state index contributed by atoms with van der Waals surface area (Å²) in [4.78, 5) is 49.7. The molecule has 0 saturated carbocycles. The Morgan fingerprint density at radius 1 is 1.00 bits per heavy atom. The van der Waals surface area contributed by atoms with Crippen molar-refractivity contribution in [2.45, 2.75) is 0 Å². The first-order valence-corrected chi connectivity index (χ1v) is 11.0. The molecule has 1 amide bonds. The lowest BCUT2D eigenvalue weighted by Gasteiger charge is -2.26. The van der Waals surface area contributed by atoms with E-state index in [0.29, 0.717) is 0 Å². The molecular formula is C20H19N3O9S. The van der Waals surface area contributed by atoms with Gasteiger partial charge in [0.25, 0.3) is 15.9 Å². The molecule has 1 aromatic rings. The van der Waals surface area contributed by atoms with Crippen molar-refractivity contribution in [2.24, 2.45) is 4.40 Å². The van der Waals surface area contributed by atoms with Crippen molar-refractivity contribution in [3.63, 3.8) is 0 Å². The summed E-state index contributed by atoms with van der Waals surface area (Å²) in [5, 5.41) is 2.43. The maximum absolute atomic E-state index is 12.3. The number of esters is 3. The van der Waals surface area contributed by atoms with Crippen LogP contribution in [0, 0.1) is 0 Å². The Hall–Kier alpha value is -4.00. The topological polar surface area (TPSA) is 158 Å². The highest BCUT2D eigenvalue weighted by molar-refractivity contribution is 7.90. The molecule has 0 unspecified atom stereocenters. The van der Waals surface area contributed by atoms with Crippen molar-refractivity contribution in [3.05, 3.63) is 53.3 Å². The molecule has 3 rings (SSSR count). The molecule has 2 aliphatic rings. The number of hydrogen-bond acceptors (Lipinski definition) is 10. The minimum absolute atomic E-state index is 0.00575. The number of rotatable bonds is 6. The van der Waals surface area contributed by atoms with Crippen LogP contribution in [0.25, 0.3) is 0 Å². The van der Waals surface area contributed by atoms with Gasteiger partial charge in [-0.15, -0.1) is 4.40 Å². The van der Waals surface area contributed by atoms with E-state index in [4.69, 9.17) is 4.74 Å². The summed E-state index contributed by atoms with van der Waals surface area (Å²) in [5.74, 6) is -3.01. The fraction of sp³-hybridized carbons (Fsp3) is 0.250. The van der Waals surface area contributed by atoms with Gasteiger partial charge in [-0.25, -0.2) is 22.8 Å². The second kappa shape index (κ2) is 9.65. The third-order valence-electron chi connectivity index (χ3n) is 4.45. The molecule has 13 heteroatoms. The average molecular weight is 477 g/mol. The second-order valence-electron chi connectivity index (χ2n) is 6.75. The summed E-state index contributed by atoms with van der Waals surface area (Å²) in [6.07, 6.45) is 4.08. The molecule has 174 valence electrons. The van der Waals surface area contributed by atoms with Crippen molar-refractivity contribution in [1.82, 2.24) is 4.90 Å². The monoisotopic (exact) mass is 477 g/mol. The van der Waals surface area contributed by atoms with Crippen molar-refractivity contribution >= 4 is 45.4 Å². The largest absolute Gasteiger partial charge is 0.465 e. The summed E-state index contributed by atoms with van der Waals surface area (Å²) in [5.41, 5.74) is 0.200. The number of carbonyl (C=O) groups is 4. The fourth-order valence-corrected chi connectivity index (χ4v) is 3.87. The Balaban J connectivity index is 1.64. The van der Waals surface area contributed by atoms with Crippen LogP contribution < -0.4 is 5.32 Å². The van der Waals surface area contributed by atoms with Crippen LogP contribution in [0.1, 0.15) is 20.7 Å². The summed E-state index contributed by atoms with van der Waals surface area (Å²) in [7, 11) is -1.20. The Morgan fingerprint density at radius 2 is 1.64 bits per heavy atom. The standard InChI is InChI=1S/C20H19N3O9S/c1-30-18(25)13-7-14(19(26)31-2)9-15(8-13)21-17(24)11-32-20(27)12-3-4-16-22-33(28,29)6-5-23(16)10-12/h3-4,7-10H,5-6,11H2,1-2H3,(H,21,24). The number of amides is 1. The quantitative estimate of drug-likeness (QED) is 0.444. The molecule has 0 spiro atoms. The highest BCUT2D eigenvalue weighted by atomic mass is 32.2.